The Bertz CT molecular complexity index is 466. The summed E-state index contributed by atoms with van der Waals surface area (Å²) in [5.41, 5.74) is -1.10. The van der Waals surface area contributed by atoms with Gasteiger partial charge < -0.3 is 4.74 Å². The van der Waals surface area contributed by atoms with Gasteiger partial charge in [-0.25, -0.2) is 0 Å². The van der Waals surface area contributed by atoms with Crippen molar-refractivity contribution in [1.82, 2.24) is 0 Å². The molecule has 3 rings (SSSR count). The molecule has 18 heavy (non-hydrogen) atoms. The van der Waals surface area contributed by atoms with Crippen LogP contribution in [0.5, 0.6) is 0 Å². The van der Waals surface area contributed by atoms with Gasteiger partial charge in [0, 0.05) is 22.8 Å². The molecule has 0 N–H and O–H groups in total. The van der Waals surface area contributed by atoms with E-state index < -0.39 is 18.7 Å². The number of alkyl halides is 1. The zero-order valence-electron chi connectivity index (χ0n) is 15.6. The molecule has 3 fully saturated rings. The van der Waals surface area contributed by atoms with Crippen molar-refractivity contribution in [2.75, 3.05) is 7.11 Å². The van der Waals surface area contributed by atoms with Gasteiger partial charge in [0.2, 0.25) is 0 Å². The van der Waals surface area contributed by atoms with Crippen LogP contribution in [-0.4, -0.2) is 18.0 Å². The van der Waals surface area contributed by atoms with Gasteiger partial charge in [-0.2, -0.15) is 0 Å². The third-order valence-corrected chi connectivity index (χ3v) is 7.23. The van der Waals surface area contributed by atoms with Crippen molar-refractivity contribution >= 4 is 15.9 Å². The minimum Gasteiger partial charge on any atom is -0.381 e. The third kappa shape index (κ3) is 1.60. The predicted octanol–water partition coefficient (Wildman–Crippen LogP) is 4.78. The Morgan fingerprint density at radius 1 is 1.33 bits per heavy atom. The molecule has 0 aromatic carbocycles. The lowest BCUT2D eigenvalue weighted by molar-refractivity contribution is -0.0998. The summed E-state index contributed by atoms with van der Waals surface area (Å²) in [5.74, 6) is 0.392. The molecule has 0 aromatic heterocycles. The Hall–Kier alpha value is 0.440. The fraction of sp³-hybridized carbons (Fsp3) is 1.00. The summed E-state index contributed by atoms with van der Waals surface area (Å²) < 4.78 is 39.4. The normalized spacial score (nSPS) is 62.2. The van der Waals surface area contributed by atoms with Crippen LogP contribution < -0.4 is 0 Å². The van der Waals surface area contributed by atoms with E-state index in [-0.39, 0.29) is 21.8 Å². The summed E-state index contributed by atoms with van der Waals surface area (Å²) in [4.78, 5) is -0.0946. The molecule has 3 aliphatic carbocycles. The number of rotatable bonds is 1. The lowest BCUT2D eigenvalue weighted by Gasteiger charge is -2.58. The molecule has 6 atom stereocenters. The zero-order chi connectivity index (χ0) is 16.6. The van der Waals surface area contributed by atoms with E-state index in [2.05, 4.69) is 29.8 Å². The molecule has 3 aliphatic rings. The summed E-state index contributed by atoms with van der Waals surface area (Å²) in [6, 6.07) is 0. The minimum absolute atomic E-state index is 0.0111. The molecular weight excluding hydrogens is 288 g/mol. The van der Waals surface area contributed by atoms with E-state index in [1.807, 2.05) is 0 Å². The van der Waals surface area contributed by atoms with Gasteiger partial charge in [-0.3, -0.25) is 0 Å². The first kappa shape index (κ1) is 9.39. The van der Waals surface area contributed by atoms with Crippen molar-refractivity contribution in [2.24, 2.45) is 22.2 Å². The Morgan fingerprint density at radius 2 is 2.11 bits per heavy atom. The third-order valence-electron chi connectivity index (χ3n) is 5.95. The number of halogens is 1. The molecule has 0 saturated heterocycles. The first-order chi connectivity index (χ1) is 10.0. The standard InChI is InChI=1S/C16H27BrO/c1-14(2)9-13(18-4)16-8-6-12(17)15(3,10-16)7-5-11(14)16/h11-13H,5-10H2,1-4H3/t11-,12+,13-,15+,16-/m0/s1/i3D3,10D/t10-,11+,12-,13+,15-,16+/m1. The number of hydrogen-bond donors (Lipinski definition) is 0. The summed E-state index contributed by atoms with van der Waals surface area (Å²) in [6.45, 7) is 2.44. The van der Waals surface area contributed by atoms with Crippen molar-refractivity contribution in [2.45, 2.75) is 70.1 Å². The fourth-order valence-electron chi connectivity index (χ4n) is 5.14. The van der Waals surface area contributed by atoms with Crippen LogP contribution in [0.15, 0.2) is 0 Å². The molecule has 2 bridgehead atoms. The Kier molecular flexibility index (Phi) is 2.07. The van der Waals surface area contributed by atoms with Crippen LogP contribution in [0.3, 0.4) is 0 Å². The number of fused-ring (bicyclic) bond motifs is 1. The highest BCUT2D eigenvalue weighted by Gasteiger charge is 2.64. The van der Waals surface area contributed by atoms with Crippen LogP contribution >= 0.6 is 15.9 Å². The first-order valence-corrected chi connectivity index (χ1v) is 8.05. The smallest absolute Gasteiger partial charge is 0.0635 e. The average Bonchev–Trinajstić information content (AvgIpc) is 2.61. The topological polar surface area (TPSA) is 9.23 Å². The van der Waals surface area contributed by atoms with E-state index in [1.165, 1.54) is 0 Å². The lowest BCUT2D eigenvalue weighted by Crippen LogP contribution is -2.53. The lowest BCUT2D eigenvalue weighted by atomic mass is 9.50. The van der Waals surface area contributed by atoms with Crippen LogP contribution in [0.4, 0.5) is 0 Å². The van der Waals surface area contributed by atoms with Crippen molar-refractivity contribution in [3.05, 3.63) is 0 Å². The van der Waals surface area contributed by atoms with Crippen LogP contribution in [0, 0.1) is 22.2 Å². The average molecular weight is 319 g/mol. The van der Waals surface area contributed by atoms with Crippen molar-refractivity contribution in [1.29, 1.82) is 0 Å². The summed E-state index contributed by atoms with van der Waals surface area (Å²) in [6.07, 6.45) is 3.63. The molecule has 0 heterocycles. The largest absolute Gasteiger partial charge is 0.381 e. The molecule has 2 heteroatoms. The van der Waals surface area contributed by atoms with Gasteiger partial charge in [0.25, 0.3) is 0 Å². The van der Waals surface area contributed by atoms with Crippen LogP contribution in [0.25, 0.3) is 0 Å². The monoisotopic (exact) mass is 318 g/mol. The molecule has 104 valence electrons. The molecule has 0 aromatic rings. The maximum atomic E-state index is 9.08. The molecule has 3 saturated carbocycles. The van der Waals surface area contributed by atoms with Gasteiger partial charge in [-0.15, -0.1) is 0 Å². The second-order valence-electron chi connectivity index (χ2n) is 7.31. The Balaban J connectivity index is 2.14. The van der Waals surface area contributed by atoms with Crippen molar-refractivity contribution in [3.8, 4) is 0 Å². The SMILES string of the molecule is [2H][C@H]1[C@@]23CC[C@@H](Br)[C@]1(C([2H])([2H])[2H])CC[C@H]2C(C)(C)C[C@@H]3OC. The van der Waals surface area contributed by atoms with Gasteiger partial charge >= 0.3 is 0 Å². The Labute approximate surface area is 126 Å². The van der Waals surface area contributed by atoms with E-state index in [0.717, 1.165) is 25.7 Å². The highest BCUT2D eigenvalue weighted by Crippen LogP contribution is 2.69. The van der Waals surface area contributed by atoms with Crippen molar-refractivity contribution in [3.63, 3.8) is 0 Å². The van der Waals surface area contributed by atoms with Gasteiger partial charge in [0.15, 0.2) is 0 Å². The molecule has 0 aliphatic heterocycles. The maximum absolute atomic E-state index is 9.08. The van der Waals surface area contributed by atoms with E-state index in [1.54, 1.807) is 7.11 Å². The van der Waals surface area contributed by atoms with Gasteiger partial charge in [0.05, 0.1) is 6.10 Å². The van der Waals surface area contributed by atoms with Crippen molar-refractivity contribution < 1.29 is 10.2 Å². The molecule has 1 nitrogen and oxygen atoms in total. The first-order valence-electron chi connectivity index (χ1n) is 9.21. The minimum atomic E-state index is -2.10. The molecule has 1 spiro atoms. The van der Waals surface area contributed by atoms with Crippen LogP contribution in [0.1, 0.15) is 64.7 Å². The molecule has 0 unspecified atom stereocenters. The van der Waals surface area contributed by atoms with Gasteiger partial charge in [-0.05, 0) is 55.2 Å². The summed E-state index contributed by atoms with van der Waals surface area (Å²) in [7, 11) is 1.73. The van der Waals surface area contributed by atoms with Gasteiger partial charge in [-0.1, -0.05) is 36.6 Å². The number of hydrogen-bond acceptors (Lipinski definition) is 1. The zero-order valence-corrected chi connectivity index (χ0v) is 13.2. The quantitative estimate of drug-likeness (QED) is 0.632. The maximum Gasteiger partial charge on any atom is 0.0635 e. The number of ether oxygens (including phenoxy) is 1. The predicted molar refractivity (Wildman–Crippen MR) is 79.0 cm³/mol. The van der Waals surface area contributed by atoms with Crippen LogP contribution in [0.2, 0.25) is 0 Å². The fourth-order valence-corrected chi connectivity index (χ4v) is 5.73. The highest BCUT2D eigenvalue weighted by atomic mass is 79.9. The van der Waals surface area contributed by atoms with Gasteiger partial charge in [0.1, 0.15) is 0 Å². The molecular formula is C16H27BrO. The second-order valence-corrected chi connectivity index (χ2v) is 8.42. The van der Waals surface area contributed by atoms with E-state index in [4.69, 9.17) is 10.2 Å². The van der Waals surface area contributed by atoms with E-state index in [9.17, 15) is 0 Å². The Morgan fingerprint density at radius 3 is 2.78 bits per heavy atom. The molecule has 0 amide bonds. The number of methoxy groups -OCH3 is 1. The van der Waals surface area contributed by atoms with Crippen LogP contribution in [-0.2, 0) is 4.74 Å². The summed E-state index contributed by atoms with van der Waals surface area (Å²) in [5, 5.41) is 0. The van der Waals surface area contributed by atoms with E-state index >= 15 is 0 Å². The summed E-state index contributed by atoms with van der Waals surface area (Å²) >= 11 is 3.65. The molecule has 0 radical (unpaired) electrons. The second kappa shape index (κ2) is 3.97. The highest BCUT2D eigenvalue weighted by molar-refractivity contribution is 9.09. The van der Waals surface area contributed by atoms with E-state index in [0.29, 0.717) is 12.3 Å².